The molecule has 0 aliphatic rings. The lowest BCUT2D eigenvalue weighted by Gasteiger charge is -2.17. The topological polar surface area (TPSA) is 12.0 Å². The van der Waals surface area contributed by atoms with Crippen LogP contribution in [0.1, 0.15) is 11.1 Å². The first-order valence-electron chi connectivity index (χ1n) is 6.55. The van der Waals surface area contributed by atoms with Crippen LogP contribution in [-0.4, -0.2) is 13.1 Å². The summed E-state index contributed by atoms with van der Waals surface area (Å²) in [6.45, 7) is 0. The van der Waals surface area contributed by atoms with E-state index in [2.05, 4.69) is 5.32 Å². The van der Waals surface area contributed by atoms with E-state index in [1.807, 2.05) is 0 Å². The maximum atomic E-state index is 13.9. The van der Waals surface area contributed by atoms with Crippen molar-refractivity contribution in [1.82, 2.24) is 5.32 Å². The number of nitrogens with one attached hydrogen (secondary N) is 1. The molecular weight excluding hydrogens is 315 g/mol. The van der Waals surface area contributed by atoms with E-state index in [1.165, 1.54) is 18.2 Å². The van der Waals surface area contributed by atoms with Crippen molar-refractivity contribution in [2.75, 3.05) is 7.05 Å². The molecule has 2 aromatic carbocycles. The molecule has 0 aliphatic heterocycles. The number of hydrogen-bond donors (Lipinski definition) is 1. The molecule has 2 rings (SSSR count). The van der Waals surface area contributed by atoms with Gasteiger partial charge >= 0.3 is 0 Å². The maximum absolute atomic E-state index is 13.9. The van der Waals surface area contributed by atoms with Gasteiger partial charge in [-0.25, -0.2) is 8.78 Å². The molecule has 0 aliphatic carbocycles. The molecule has 0 fully saturated rings. The minimum atomic E-state index is -0.425. The summed E-state index contributed by atoms with van der Waals surface area (Å²) in [6.07, 6.45) is 0.823. The molecule has 0 bridgehead atoms. The third-order valence-electron chi connectivity index (χ3n) is 3.38. The third kappa shape index (κ3) is 4.16. The molecule has 0 spiro atoms. The Labute approximate surface area is 132 Å². The highest BCUT2D eigenvalue weighted by Gasteiger charge is 2.15. The zero-order valence-corrected chi connectivity index (χ0v) is 13.0. The summed E-state index contributed by atoms with van der Waals surface area (Å²) in [6, 6.07) is 9.20. The fourth-order valence-corrected chi connectivity index (χ4v) is 2.60. The number of benzene rings is 2. The fourth-order valence-electron chi connectivity index (χ4n) is 2.21. The van der Waals surface area contributed by atoms with Crippen molar-refractivity contribution in [1.29, 1.82) is 0 Å². The Morgan fingerprint density at radius 1 is 1.05 bits per heavy atom. The second-order valence-electron chi connectivity index (χ2n) is 4.84. The van der Waals surface area contributed by atoms with E-state index in [4.69, 9.17) is 23.2 Å². The van der Waals surface area contributed by atoms with Crippen LogP contribution in [0.3, 0.4) is 0 Å². The molecule has 1 unspecified atom stereocenters. The van der Waals surface area contributed by atoms with Crippen LogP contribution in [0, 0.1) is 11.6 Å². The molecule has 0 aromatic heterocycles. The summed E-state index contributed by atoms with van der Waals surface area (Å²) < 4.78 is 27.7. The number of hydrogen-bond acceptors (Lipinski definition) is 1. The summed E-state index contributed by atoms with van der Waals surface area (Å²) in [4.78, 5) is 0. The van der Waals surface area contributed by atoms with Gasteiger partial charge in [0.2, 0.25) is 0 Å². The minimum Gasteiger partial charge on any atom is -0.316 e. The van der Waals surface area contributed by atoms with E-state index in [1.54, 1.807) is 25.2 Å². The second kappa shape index (κ2) is 7.21. The molecular formula is C16H15Cl2F2N. The van der Waals surface area contributed by atoms with Crippen LogP contribution < -0.4 is 5.32 Å². The highest BCUT2D eigenvalue weighted by molar-refractivity contribution is 6.31. The third-order valence-corrected chi connectivity index (χ3v) is 3.91. The summed E-state index contributed by atoms with van der Waals surface area (Å²) in [5, 5.41) is 3.65. The van der Waals surface area contributed by atoms with Gasteiger partial charge in [0.05, 0.1) is 5.02 Å². The Morgan fingerprint density at radius 3 is 2.48 bits per heavy atom. The Bertz CT molecular complexity index is 628. The second-order valence-corrected chi connectivity index (χ2v) is 5.69. The first kappa shape index (κ1) is 16.2. The summed E-state index contributed by atoms with van der Waals surface area (Å²) >= 11 is 11.7. The molecule has 0 amide bonds. The van der Waals surface area contributed by atoms with E-state index < -0.39 is 5.82 Å². The summed E-state index contributed by atoms with van der Waals surface area (Å²) in [5.74, 6) is -0.739. The van der Waals surface area contributed by atoms with Crippen LogP contribution >= 0.6 is 23.2 Å². The molecule has 2 aromatic rings. The molecule has 0 radical (unpaired) electrons. The molecule has 1 nitrogen and oxygen atoms in total. The molecule has 0 saturated carbocycles. The first-order valence-corrected chi connectivity index (χ1v) is 7.31. The van der Waals surface area contributed by atoms with Crippen LogP contribution in [0.25, 0.3) is 0 Å². The Morgan fingerprint density at radius 2 is 1.76 bits per heavy atom. The van der Waals surface area contributed by atoms with Crippen molar-refractivity contribution < 1.29 is 8.78 Å². The van der Waals surface area contributed by atoms with Gasteiger partial charge in [-0.15, -0.1) is 0 Å². The average Bonchev–Trinajstić information content (AvgIpc) is 2.46. The van der Waals surface area contributed by atoms with Gasteiger partial charge in [0.25, 0.3) is 0 Å². The molecule has 1 atom stereocenters. The fraction of sp³-hybridized carbons (Fsp3) is 0.250. The highest BCUT2D eigenvalue weighted by Crippen LogP contribution is 2.21. The van der Waals surface area contributed by atoms with E-state index in [9.17, 15) is 8.78 Å². The largest absolute Gasteiger partial charge is 0.316 e. The smallest absolute Gasteiger partial charge is 0.145 e. The summed E-state index contributed by atoms with van der Waals surface area (Å²) in [5.41, 5.74) is 1.01. The molecule has 21 heavy (non-hydrogen) atoms. The lowest BCUT2D eigenvalue weighted by atomic mass is 9.98. The minimum absolute atomic E-state index is 0.0938. The molecule has 112 valence electrons. The maximum Gasteiger partial charge on any atom is 0.145 e. The van der Waals surface area contributed by atoms with E-state index in [0.29, 0.717) is 29.0 Å². The molecule has 0 heterocycles. The van der Waals surface area contributed by atoms with Crippen molar-refractivity contribution in [3.05, 3.63) is 69.2 Å². The standard InChI is InChI=1S/C16H15Cl2F2N/c1-21-13(8-10-3-2-4-14(18)16(10)20)9-11-7-12(17)5-6-15(11)19/h2-7,13,21H,8-9H2,1H3. The van der Waals surface area contributed by atoms with Crippen molar-refractivity contribution in [3.63, 3.8) is 0 Å². The van der Waals surface area contributed by atoms with Gasteiger partial charge in [-0.1, -0.05) is 35.3 Å². The SMILES string of the molecule is CNC(Cc1cc(Cl)ccc1F)Cc1cccc(Cl)c1F. The monoisotopic (exact) mass is 329 g/mol. The molecule has 0 saturated heterocycles. The van der Waals surface area contributed by atoms with Gasteiger partial charge in [-0.05, 0) is 55.3 Å². The summed E-state index contributed by atoms with van der Waals surface area (Å²) in [7, 11) is 1.76. The normalized spacial score (nSPS) is 12.4. The average molecular weight is 330 g/mol. The molecule has 1 N–H and O–H groups in total. The van der Waals surface area contributed by atoms with Crippen LogP contribution in [0.4, 0.5) is 8.78 Å². The van der Waals surface area contributed by atoms with Crippen molar-refractivity contribution in [3.8, 4) is 0 Å². The highest BCUT2D eigenvalue weighted by atomic mass is 35.5. The van der Waals surface area contributed by atoms with Crippen LogP contribution in [-0.2, 0) is 12.8 Å². The van der Waals surface area contributed by atoms with Crippen LogP contribution in [0.5, 0.6) is 0 Å². The lowest BCUT2D eigenvalue weighted by molar-refractivity contribution is 0.517. The van der Waals surface area contributed by atoms with E-state index >= 15 is 0 Å². The van der Waals surface area contributed by atoms with E-state index in [-0.39, 0.29) is 16.9 Å². The van der Waals surface area contributed by atoms with Gasteiger partial charge in [-0.2, -0.15) is 0 Å². The predicted molar refractivity (Wildman–Crippen MR) is 83.1 cm³/mol. The quantitative estimate of drug-likeness (QED) is 0.842. The van der Waals surface area contributed by atoms with Gasteiger partial charge < -0.3 is 5.32 Å². The van der Waals surface area contributed by atoms with Gasteiger partial charge in [-0.3, -0.25) is 0 Å². The zero-order valence-electron chi connectivity index (χ0n) is 11.5. The zero-order chi connectivity index (χ0) is 15.4. The number of rotatable bonds is 5. The number of likely N-dealkylation sites (N-methyl/N-ethyl adjacent to an activating group) is 1. The Balaban J connectivity index is 2.17. The van der Waals surface area contributed by atoms with Crippen LogP contribution in [0.2, 0.25) is 10.0 Å². The number of halogens is 4. The van der Waals surface area contributed by atoms with E-state index in [0.717, 1.165) is 0 Å². The van der Waals surface area contributed by atoms with Crippen molar-refractivity contribution >= 4 is 23.2 Å². The lowest BCUT2D eigenvalue weighted by Crippen LogP contribution is -2.30. The van der Waals surface area contributed by atoms with Crippen molar-refractivity contribution in [2.45, 2.75) is 18.9 Å². The van der Waals surface area contributed by atoms with Crippen LogP contribution in [0.15, 0.2) is 36.4 Å². The Hall–Kier alpha value is -1.16. The Kier molecular flexibility index (Phi) is 5.57. The predicted octanol–water partition coefficient (Wildman–Crippen LogP) is 4.64. The van der Waals surface area contributed by atoms with Gasteiger partial charge in [0.1, 0.15) is 11.6 Å². The van der Waals surface area contributed by atoms with Crippen molar-refractivity contribution in [2.24, 2.45) is 0 Å². The van der Waals surface area contributed by atoms with Gasteiger partial charge in [0, 0.05) is 11.1 Å². The van der Waals surface area contributed by atoms with Gasteiger partial charge in [0.15, 0.2) is 0 Å². The first-order chi connectivity index (χ1) is 10.0. The molecule has 5 heteroatoms.